The molecule has 342 valence electrons. The Labute approximate surface area is 360 Å². The average Bonchev–Trinajstić information content (AvgIpc) is 3.23. The minimum Gasteiger partial charge on any atom is -0.394 e. The van der Waals surface area contributed by atoms with E-state index in [1.165, 1.54) is 109 Å². The number of hydrogen-bond acceptors (Lipinski definition) is 8. The summed E-state index contributed by atoms with van der Waals surface area (Å²) in [6, 6.07) is -0.827. The summed E-state index contributed by atoms with van der Waals surface area (Å²) in [6.07, 6.45) is 45.5. The summed E-state index contributed by atoms with van der Waals surface area (Å²) in [4.78, 5) is 13.0. The molecular formula is C50H89NO8. The standard InChI is InChI=1S/C50H89NO8/c1-3-5-7-9-11-13-15-17-18-19-20-21-22-23-24-25-26-28-30-32-34-36-38-40-46(54)51-43(42-58-50-49(57)48(56)47(55)45(41-52)59-50)44(53)39-37-35-33-31-29-27-16-14-12-10-8-6-4-2/h15,17,19-20,22-23,29,31,37,39,43-45,47-50,52-53,55-57H,3-14,16,18,21,24-28,30,32-36,38,40-42H2,1-2H3,(H,51,54)/b17-15-,20-19-,23-22-,31-29+,39-37+. The third-order valence-electron chi connectivity index (χ3n) is 11.1. The molecule has 6 N–H and O–H groups in total. The molecule has 1 aliphatic rings. The van der Waals surface area contributed by atoms with E-state index in [1.54, 1.807) is 6.08 Å². The fourth-order valence-corrected chi connectivity index (χ4v) is 7.18. The van der Waals surface area contributed by atoms with Gasteiger partial charge in [-0.25, -0.2) is 0 Å². The molecule has 7 unspecified atom stereocenters. The Kier molecular flexibility index (Phi) is 37.2. The highest BCUT2D eigenvalue weighted by Gasteiger charge is 2.44. The van der Waals surface area contributed by atoms with Crippen molar-refractivity contribution in [3.8, 4) is 0 Å². The topological polar surface area (TPSA) is 149 Å². The van der Waals surface area contributed by atoms with Crippen LogP contribution in [-0.4, -0.2) is 87.5 Å². The first kappa shape index (κ1) is 54.9. The van der Waals surface area contributed by atoms with Gasteiger partial charge in [-0.1, -0.05) is 177 Å². The van der Waals surface area contributed by atoms with Crippen LogP contribution < -0.4 is 5.32 Å². The van der Waals surface area contributed by atoms with Crippen molar-refractivity contribution < 1.29 is 39.8 Å². The van der Waals surface area contributed by atoms with Crippen molar-refractivity contribution in [2.45, 2.75) is 236 Å². The number of nitrogens with one attached hydrogen (secondary N) is 1. The number of rotatable bonds is 39. The number of aliphatic hydroxyl groups excluding tert-OH is 5. The maximum absolute atomic E-state index is 13.0. The van der Waals surface area contributed by atoms with Gasteiger partial charge in [-0.15, -0.1) is 0 Å². The smallest absolute Gasteiger partial charge is 0.220 e. The molecule has 1 amide bonds. The van der Waals surface area contributed by atoms with Crippen LogP contribution in [0.4, 0.5) is 0 Å². The van der Waals surface area contributed by atoms with Crippen LogP contribution in [0.25, 0.3) is 0 Å². The van der Waals surface area contributed by atoms with Crippen LogP contribution >= 0.6 is 0 Å². The van der Waals surface area contributed by atoms with E-state index in [0.717, 1.165) is 64.2 Å². The van der Waals surface area contributed by atoms with E-state index in [-0.39, 0.29) is 12.5 Å². The molecule has 0 radical (unpaired) electrons. The molecule has 0 spiro atoms. The molecule has 0 aromatic rings. The largest absolute Gasteiger partial charge is 0.394 e. The number of carbonyl (C=O) groups is 1. The first-order chi connectivity index (χ1) is 28.8. The van der Waals surface area contributed by atoms with E-state index in [9.17, 15) is 30.3 Å². The van der Waals surface area contributed by atoms with Gasteiger partial charge in [-0.2, -0.15) is 0 Å². The second-order valence-electron chi connectivity index (χ2n) is 16.5. The molecule has 0 aliphatic carbocycles. The summed E-state index contributed by atoms with van der Waals surface area (Å²) in [6.45, 7) is 3.72. The third-order valence-corrected chi connectivity index (χ3v) is 11.1. The van der Waals surface area contributed by atoms with Gasteiger partial charge in [-0.3, -0.25) is 4.79 Å². The number of hydrogen-bond donors (Lipinski definition) is 6. The Morgan fingerprint density at radius 2 is 1.02 bits per heavy atom. The molecule has 0 saturated carbocycles. The monoisotopic (exact) mass is 832 g/mol. The lowest BCUT2D eigenvalue weighted by molar-refractivity contribution is -0.302. The number of carbonyl (C=O) groups excluding carboxylic acids is 1. The van der Waals surface area contributed by atoms with Gasteiger partial charge in [0.1, 0.15) is 24.4 Å². The van der Waals surface area contributed by atoms with Crippen molar-refractivity contribution in [1.82, 2.24) is 5.32 Å². The zero-order chi connectivity index (χ0) is 43.0. The van der Waals surface area contributed by atoms with Gasteiger partial charge >= 0.3 is 0 Å². The highest BCUT2D eigenvalue weighted by molar-refractivity contribution is 5.76. The first-order valence-electron chi connectivity index (χ1n) is 24.0. The predicted octanol–water partition coefficient (Wildman–Crippen LogP) is 10.4. The number of aliphatic hydroxyl groups is 5. The lowest BCUT2D eigenvalue weighted by Gasteiger charge is -2.40. The van der Waals surface area contributed by atoms with Crippen molar-refractivity contribution in [3.05, 3.63) is 60.8 Å². The first-order valence-corrected chi connectivity index (χ1v) is 24.0. The maximum Gasteiger partial charge on any atom is 0.220 e. The number of unbranched alkanes of at least 4 members (excludes halogenated alkanes) is 21. The van der Waals surface area contributed by atoms with E-state index in [1.807, 2.05) is 6.08 Å². The van der Waals surface area contributed by atoms with Crippen molar-refractivity contribution in [3.63, 3.8) is 0 Å². The zero-order valence-corrected chi connectivity index (χ0v) is 37.5. The fourth-order valence-electron chi connectivity index (χ4n) is 7.18. The molecule has 1 saturated heterocycles. The predicted molar refractivity (Wildman–Crippen MR) is 244 cm³/mol. The summed E-state index contributed by atoms with van der Waals surface area (Å²) < 4.78 is 11.2. The molecule has 59 heavy (non-hydrogen) atoms. The Morgan fingerprint density at radius 3 is 1.54 bits per heavy atom. The molecule has 1 aliphatic heterocycles. The van der Waals surface area contributed by atoms with Crippen LogP contribution in [0.5, 0.6) is 0 Å². The van der Waals surface area contributed by atoms with Gasteiger partial charge in [0.2, 0.25) is 5.91 Å². The van der Waals surface area contributed by atoms with E-state index < -0.39 is 49.5 Å². The second kappa shape index (κ2) is 40.0. The van der Waals surface area contributed by atoms with Gasteiger partial charge < -0.3 is 40.3 Å². The lowest BCUT2D eigenvalue weighted by atomic mass is 9.99. The summed E-state index contributed by atoms with van der Waals surface area (Å²) >= 11 is 0. The van der Waals surface area contributed by atoms with Gasteiger partial charge in [0.05, 0.1) is 25.4 Å². The van der Waals surface area contributed by atoms with Crippen LogP contribution in [0.3, 0.4) is 0 Å². The van der Waals surface area contributed by atoms with Gasteiger partial charge in [-0.05, 0) is 70.6 Å². The highest BCUT2D eigenvalue weighted by atomic mass is 16.7. The molecule has 0 bridgehead atoms. The van der Waals surface area contributed by atoms with Gasteiger partial charge in [0.15, 0.2) is 6.29 Å². The third kappa shape index (κ3) is 30.6. The van der Waals surface area contributed by atoms with Crippen LogP contribution in [0.15, 0.2) is 60.8 Å². The number of ether oxygens (including phenoxy) is 2. The minimum absolute atomic E-state index is 0.197. The fraction of sp³-hybridized carbons (Fsp3) is 0.780. The molecule has 0 aromatic carbocycles. The lowest BCUT2D eigenvalue weighted by Crippen LogP contribution is -2.60. The summed E-state index contributed by atoms with van der Waals surface area (Å²) in [7, 11) is 0. The van der Waals surface area contributed by atoms with Crippen molar-refractivity contribution in [2.75, 3.05) is 13.2 Å². The van der Waals surface area contributed by atoms with Crippen LogP contribution in [0.2, 0.25) is 0 Å². The van der Waals surface area contributed by atoms with Crippen LogP contribution in [-0.2, 0) is 14.3 Å². The quantitative estimate of drug-likeness (QED) is 0.0265. The normalized spacial score (nSPS) is 21.2. The maximum atomic E-state index is 13.0. The molecule has 1 rings (SSSR count). The highest BCUT2D eigenvalue weighted by Crippen LogP contribution is 2.22. The molecule has 9 nitrogen and oxygen atoms in total. The molecule has 1 heterocycles. The SMILES string of the molecule is CCCCCCC/C=C\C/C=C\C/C=C\CCCCCCCCCCC(=O)NC(COC1OC(CO)C(O)C(O)C1O)C(O)/C=C/CC/C=C/CCCCCCCCC. The Hall–Kier alpha value is -2.11. The van der Waals surface area contributed by atoms with E-state index in [0.29, 0.717) is 6.42 Å². The molecule has 7 atom stereocenters. The van der Waals surface area contributed by atoms with Crippen LogP contribution in [0, 0.1) is 0 Å². The Balaban J connectivity index is 2.32. The minimum atomic E-state index is -1.57. The van der Waals surface area contributed by atoms with E-state index >= 15 is 0 Å². The Morgan fingerprint density at radius 1 is 0.576 bits per heavy atom. The number of amides is 1. The average molecular weight is 832 g/mol. The van der Waals surface area contributed by atoms with Crippen molar-refractivity contribution >= 4 is 5.91 Å². The van der Waals surface area contributed by atoms with Crippen molar-refractivity contribution in [2.24, 2.45) is 0 Å². The van der Waals surface area contributed by atoms with E-state index in [2.05, 4.69) is 67.8 Å². The number of allylic oxidation sites excluding steroid dienone is 9. The summed E-state index contributed by atoms with van der Waals surface area (Å²) in [5, 5.41) is 54.2. The van der Waals surface area contributed by atoms with Gasteiger partial charge in [0, 0.05) is 6.42 Å². The summed E-state index contributed by atoms with van der Waals surface area (Å²) in [5.41, 5.74) is 0. The van der Waals surface area contributed by atoms with Gasteiger partial charge in [0.25, 0.3) is 0 Å². The van der Waals surface area contributed by atoms with Crippen LogP contribution in [0.1, 0.15) is 194 Å². The molecule has 1 fully saturated rings. The van der Waals surface area contributed by atoms with Crippen molar-refractivity contribution in [1.29, 1.82) is 0 Å². The second-order valence-corrected chi connectivity index (χ2v) is 16.5. The zero-order valence-electron chi connectivity index (χ0n) is 37.5. The molecule has 0 aromatic heterocycles. The van der Waals surface area contributed by atoms with E-state index in [4.69, 9.17) is 9.47 Å². The molecule has 9 heteroatoms. The summed E-state index contributed by atoms with van der Waals surface area (Å²) in [5.74, 6) is -0.197. The Bertz CT molecular complexity index is 1100. The molecular weight excluding hydrogens is 743 g/mol.